The molecule has 46 heavy (non-hydrogen) atoms. The van der Waals surface area contributed by atoms with E-state index >= 15 is 0 Å². The van der Waals surface area contributed by atoms with Gasteiger partial charge in [-0.25, -0.2) is 0 Å². The number of carbonyl (C=O) groups is 1. The Morgan fingerprint density at radius 1 is 1.07 bits per heavy atom. The van der Waals surface area contributed by atoms with Crippen molar-refractivity contribution in [1.29, 1.82) is 0 Å². The molecule has 2 aromatic carbocycles. The fourth-order valence-electron chi connectivity index (χ4n) is 6.43. The fraction of sp³-hybridized carbons (Fsp3) is 0.394. The summed E-state index contributed by atoms with van der Waals surface area (Å²) in [6.45, 7) is 3.97. The van der Waals surface area contributed by atoms with Gasteiger partial charge in [-0.2, -0.15) is 23.1 Å². The predicted molar refractivity (Wildman–Crippen MR) is 167 cm³/mol. The molecule has 4 heterocycles. The van der Waals surface area contributed by atoms with E-state index in [-0.39, 0.29) is 40.4 Å². The van der Waals surface area contributed by atoms with E-state index in [9.17, 15) is 22.8 Å². The molecule has 13 heteroatoms. The van der Waals surface area contributed by atoms with Crippen molar-refractivity contribution in [3.05, 3.63) is 76.6 Å². The van der Waals surface area contributed by atoms with Crippen molar-refractivity contribution in [2.75, 3.05) is 36.9 Å². The fourth-order valence-corrected chi connectivity index (χ4v) is 6.43. The number of hydrogen-bond acceptors (Lipinski definition) is 9. The van der Waals surface area contributed by atoms with E-state index in [0.717, 1.165) is 29.3 Å². The first kappa shape index (κ1) is 31.3. The zero-order valence-corrected chi connectivity index (χ0v) is 25.5. The third-order valence-electron chi connectivity index (χ3n) is 8.99. The maximum absolute atomic E-state index is 14.3. The maximum atomic E-state index is 14.3. The van der Waals surface area contributed by atoms with Gasteiger partial charge in [-0.3, -0.25) is 9.59 Å². The molecule has 2 saturated heterocycles. The minimum atomic E-state index is -4.74. The van der Waals surface area contributed by atoms with Crippen LogP contribution < -0.4 is 26.2 Å². The lowest BCUT2D eigenvalue weighted by molar-refractivity contribution is -0.198. The Kier molecular flexibility index (Phi) is 8.36. The molecule has 2 aliphatic heterocycles. The van der Waals surface area contributed by atoms with Crippen molar-refractivity contribution in [2.24, 2.45) is 12.5 Å². The van der Waals surface area contributed by atoms with Crippen LogP contribution in [0.1, 0.15) is 37.9 Å². The monoisotopic (exact) mass is 636 g/mol. The number of alkyl halides is 3. The third kappa shape index (κ3) is 6.37. The van der Waals surface area contributed by atoms with Crippen molar-refractivity contribution < 1.29 is 27.4 Å². The van der Waals surface area contributed by atoms with Crippen molar-refractivity contribution in [3.8, 4) is 17.0 Å². The Balaban J connectivity index is 1.17. The highest BCUT2D eigenvalue weighted by Crippen LogP contribution is 2.42. The molecule has 0 unspecified atom stereocenters. The van der Waals surface area contributed by atoms with Crippen LogP contribution in [0, 0.1) is 5.41 Å². The second-order valence-corrected chi connectivity index (χ2v) is 12.0. The number of nitrogen functional groups attached to an aromatic ring is 1. The second kappa shape index (κ2) is 12.3. The zero-order chi connectivity index (χ0) is 32.6. The molecule has 0 radical (unpaired) electrons. The summed E-state index contributed by atoms with van der Waals surface area (Å²) < 4.78 is 55.2. The Morgan fingerprint density at radius 2 is 1.78 bits per heavy atom. The number of carbonyl (C=O) groups excluding carboxylic acids is 1. The van der Waals surface area contributed by atoms with E-state index in [0.29, 0.717) is 44.0 Å². The highest BCUT2D eigenvalue weighted by Gasteiger charge is 2.45. The number of nitrogens with two attached hydrogens (primary N) is 1. The third-order valence-corrected chi connectivity index (χ3v) is 8.99. The largest absolute Gasteiger partial charge is 0.465 e. The lowest BCUT2D eigenvalue weighted by Gasteiger charge is -2.39. The van der Waals surface area contributed by atoms with E-state index in [1.165, 1.54) is 28.8 Å². The summed E-state index contributed by atoms with van der Waals surface area (Å²) in [6, 6.07) is 15.7. The molecular formula is C33H35F3N6O4. The summed E-state index contributed by atoms with van der Waals surface area (Å²) in [5, 5.41) is 4.11. The summed E-state index contributed by atoms with van der Waals surface area (Å²) in [7, 11) is 1.68. The molecule has 4 aromatic rings. The van der Waals surface area contributed by atoms with Crippen molar-refractivity contribution >= 4 is 28.6 Å². The molecule has 2 aromatic heterocycles. The van der Waals surface area contributed by atoms with Gasteiger partial charge in [0.2, 0.25) is 17.9 Å². The normalized spacial score (nSPS) is 18.5. The first-order valence-electron chi connectivity index (χ1n) is 15.2. The number of hydrogen-bond donors (Lipinski definition) is 2. The standard InChI is InChI=1S/C33H35F3N6O4/c1-3-45-30(44)24-18-32(19-38-24)12-14-42(15-13-32)26-17-27(40-31(37)39-26)46-29(33(34,35)36)21-6-4-20(5-7-21)22-8-10-25-23(16-22)9-11-28(43)41(25)2/h4-11,16-17,24,29,38H,3,12-15,18-19H2,1-2H3,(H2,37,39,40)/t24-,29+/m0/s1. The van der Waals surface area contributed by atoms with Gasteiger partial charge in [0.25, 0.3) is 5.56 Å². The highest BCUT2D eigenvalue weighted by molar-refractivity contribution is 5.84. The number of benzene rings is 2. The van der Waals surface area contributed by atoms with Gasteiger partial charge >= 0.3 is 12.1 Å². The molecule has 242 valence electrons. The smallest absolute Gasteiger partial charge is 0.429 e. The summed E-state index contributed by atoms with van der Waals surface area (Å²) in [5.74, 6) is -0.332. The predicted octanol–water partition coefficient (Wildman–Crippen LogP) is 4.77. The van der Waals surface area contributed by atoms with Gasteiger partial charge in [0.1, 0.15) is 11.9 Å². The molecule has 1 spiro atoms. The number of fused-ring (bicyclic) bond motifs is 1. The number of rotatable bonds is 7. The van der Waals surface area contributed by atoms with E-state index in [2.05, 4.69) is 15.3 Å². The number of nitrogens with one attached hydrogen (secondary N) is 1. The van der Waals surface area contributed by atoms with Crippen LogP contribution in [0.5, 0.6) is 5.88 Å². The van der Waals surface area contributed by atoms with Crippen LogP contribution in [-0.2, 0) is 16.6 Å². The van der Waals surface area contributed by atoms with E-state index in [1.54, 1.807) is 32.2 Å². The number of piperidine rings is 1. The Hall–Kier alpha value is -4.65. The summed E-state index contributed by atoms with van der Waals surface area (Å²) in [6.07, 6.45) is -4.82. The average Bonchev–Trinajstić information content (AvgIpc) is 3.45. The van der Waals surface area contributed by atoms with Crippen LogP contribution >= 0.6 is 0 Å². The highest BCUT2D eigenvalue weighted by atomic mass is 19.4. The Labute approximate surface area is 263 Å². The summed E-state index contributed by atoms with van der Waals surface area (Å²) in [5.41, 5.74) is 7.91. The number of nitrogens with zero attached hydrogens (tertiary/aromatic N) is 4. The van der Waals surface area contributed by atoms with E-state index in [4.69, 9.17) is 15.2 Å². The topological polar surface area (TPSA) is 125 Å². The van der Waals surface area contributed by atoms with E-state index < -0.39 is 12.3 Å². The van der Waals surface area contributed by atoms with E-state index in [1.807, 2.05) is 23.1 Å². The molecule has 2 fully saturated rings. The van der Waals surface area contributed by atoms with Gasteiger partial charge in [0.15, 0.2) is 0 Å². The molecule has 2 aliphatic rings. The minimum absolute atomic E-state index is 0.0649. The SMILES string of the molecule is CCOC(=O)[C@@H]1CC2(CCN(c3cc(O[C@H](c4ccc(-c5ccc6c(ccc(=O)n6C)c5)cc4)C(F)(F)F)nc(N)n3)CC2)CN1. The van der Waals surface area contributed by atoms with Gasteiger partial charge in [0, 0.05) is 44.4 Å². The van der Waals surface area contributed by atoms with Crippen molar-refractivity contribution in [3.63, 3.8) is 0 Å². The van der Waals surface area contributed by atoms with Gasteiger partial charge in [-0.15, -0.1) is 0 Å². The first-order valence-corrected chi connectivity index (χ1v) is 15.2. The van der Waals surface area contributed by atoms with Gasteiger partial charge in [-0.1, -0.05) is 30.3 Å². The number of esters is 1. The van der Waals surface area contributed by atoms with Gasteiger partial charge in [0.05, 0.1) is 12.1 Å². The summed E-state index contributed by atoms with van der Waals surface area (Å²) in [4.78, 5) is 34.3. The number of aromatic nitrogens is 3. The maximum Gasteiger partial charge on any atom is 0.429 e. The number of pyridine rings is 1. The van der Waals surface area contributed by atoms with Crippen LogP contribution in [0.4, 0.5) is 24.9 Å². The Bertz CT molecular complexity index is 1800. The molecule has 10 nitrogen and oxygen atoms in total. The molecule has 6 rings (SSSR count). The number of halogens is 3. The number of ether oxygens (including phenoxy) is 2. The van der Waals surface area contributed by atoms with Gasteiger partial charge < -0.3 is 30.0 Å². The minimum Gasteiger partial charge on any atom is -0.465 e. The van der Waals surface area contributed by atoms with Crippen LogP contribution in [0.2, 0.25) is 0 Å². The quantitative estimate of drug-likeness (QED) is 0.276. The van der Waals surface area contributed by atoms with Crippen molar-refractivity contribution in [2.45, 2.75) is 44.5 Å². The second-order valence-electron chi connectivity index (χ2n) is 12.0. The molecule has 2 atom stereocenters. The molecule has 0 aliphatic carbocycles. The molecule has 0 bridgehead atoms. The lowest BCUT2D eigenvalue weighted by atomic mass is 9.76. The number of aryl methyl sites for hydroxylation is 1. The van der Waals surface area contributed by atoms with Crippen LogP contribution in [0.15, 0.2) is 65.5 Å². The zero-order valence-electron chi connectivity index (χ0n) is 25.5. The lowest BCUT2D eigenvalue weighted by Crippen LogP contribution is -2.41. The average molecular weight is 637 g/mol. The summed E-state index contributed by atoms with van der Waals surface area (Å²) >= 11 is 0. The van der Waals surface area contributed by atoms with Crippen LogP contribution in [-0.4, -0.2) is 59.0 Å². The molecule has 0 saturated carbocycles. The van der Waals surface area contributed by atoms with Gasteiger partial charge in [-0.05, 0) is 66.3 Å². The molecule has 3 N–H and O–H groups in total. The number of anilines is 2. The van der Waals surface area contributed by atoms with Crippen LogP contribution in [0.25, 0.3) is 22.0 Å². The van der Waals surface area contributed by atoms with Crippen molar-refractivity contribution in [1.82, 2.24) is 19.9 Å². The Morgan fingerprint density at radius 3 is 2.48 bits per heavy atom. The van der Waals surface area contributed by atoms with Crippen LogP contribution in [0.3, 0.4) is 0 Å². The molecular weight excluding hydrogens is 601 g/mol. The first-order chi connectivity index (χ1) is 21.9. The molecule has 0 amide bonds.